The lowest BCUT2D eigenvalue weighted by Crippen LogP contribution is -2.10. The first-order valence-corrected chi connectivity index (χ1v) is 5.00. The third-order valence-corrected chi connectivity index (χ3v) is 2.70. The predicted molar refractivity (Wildman–Crippen MR) is 54.4 cm³/mol. The van der Waals surface area contributed by atoms with E-state index >= 15 is 0 Å². The SMILES string of the molecule is Fc1c(C(F)(F)F)c(Br)cc2cccnc12. The van der Waals surface area contributed by atoms with Crippen LogP contribution in [0.15, 0.2) is 28.9 Å². The highest BCUT2D eigenvalue weighted by Crippen LogP contribution is 2.39. The average Bonchev–Trinajstić information content (AvgIpc) is 2.15. The zero-order chi connectivity index (χ0) is 11.9. The summed E-state index contributed by atoms with van der Waals surface area (Å²) in [7, 11) is 0. The highest BCUT2D eigenvalue weighted by molar-refractivity contribution is 9.10. The molecule has 0 fully saturated rings. The fraction of sp³-hybridized carbons (Fsp3) is 0.100. The van der Waals surface area contributed by atoms with Gasteiger partial charge >= 0.3 is 6.18 Å². The second kappa shape index (κ2) is 3.69. The van der Waals surface area contributed by atoms with E-state index in [4.69, 9.17) is 0 Å². The lowest BCUT2D eigenvalue weighted by Gasteiger charge is -2.11. The smallest absolute Gasteiger partial charge is 0.253 e. The molecule has 0 saturated carbocycles. The van der Waals surface area contributed by atoms with E-state index in [-0.39, 0.29) is 9.99 Å². The molecule has 16 heavy (non-hydrogen) atoms. The quantitative estimate of drug-likeness (QED) is 0.665. The number of pyridine rings is 1. The Morgan fingerprint density at radius 2 is 1.94 bits per heavy atom. The van der Waals surface area contributed by atoms with Gasteiger partial charge in [0, 0.05) is 16.1 Å². The molecule has 2 aromatic rings. The number of fused-ring (bicyclic) bond motifs is 1. The van der Waals surface area contributed by atoms with Crippen molar-refractivity contribution in [3.63, 3.8) is 0 Å². The van der Waals surface area contributed by atoms with E-state index in [0.29, 0.717) is 5.39 Å². The Morgan fingerprint density at radius 1 is 1.25 bits per heavy atom. The zero-order valence-electron chi connectivity index (χ0n) is 7.65. The molecule has 0 aliphatic rings. The van der Waals surface area contributed by atoms with Crippen molar-refractivity contribution < 1.29 is 17.6 Å². The lowest BCUT2D eigenvalue weighted by molar-refractivity contribution is -0.140. The van der Waals surface area contributed by atoms with Gasteiger partial charge in [0.2, 0.25) is 0 Å². The molecule has 0 spiro atoms. The summed E-state index contributed by atoms with van der Waals surface area (Å²) < 4.78 is 50.9. The van der Waals surface area contributed by atoms with E-state index in [9.17, 15) is 17.6 Å². The van der Waals surface area contributed by atoms with Crippen LogP contribution in [0.5, 0.6) is 0 Å². The minimum absolute atomic E-state index is 0.280. The molecule has 1 aromatic carbocycles. The fourth-order valence-corrected chi connectivity index (χ4v) is 2.05. The molecule has 0 bridgehead atoms. The zero-order valence-corrected chi connectivity index (χ0v) is 9.23. The molecule has 0 aliphatic heterocycles. The van der Waals surface area contributed by atoms with Crippen LogP contribution in [-0.2, 0) is 6.18 Å². The molecule has 1 nitrogen and oxygen atoms in total. The average molecular weight is 294 g/mol. The van der Waals surface area contributed by atoms with Crippen molar-refractivity contribution in [1.82, 2.24) is 4.98 Å². The predicted octanol–water partition coefficient (Wildman–Crippen LogP) is 4.16. The molecule has 0 radical (unpaired) electrons. The Hall–Kier alpha value is -1.17. The van der Waals surface area contributed by atoms with Gasteiger partial charge in [0.15, 0.2) is 5.82 Å². The molecule has 0 unspecified atom stereocenters. The van der Waals surface area contributed by atoms with Crippen molar-refractivity contribution in [2.24, 2.45) is 0 Å². The Balaban J connectivity index is 2.86. The minimum atomic E-state index is -4.74. The largest absolute Gasteiger partial charge is 0.420 e. The summed E-state index contributed by atoms with van der Waals surface area (Å²) in [6.07, 6.45) is -3.49. The van der Waals surface area contributed by atoms with Gasteiger partial charge in [0.1, 0.15) is 11.1 Å². The maximum Gasteiger partial charge on any atom is 0.420 e. The first-order chi connectivity index (χ1) is 7.41. The summed E-state index contributed by atoms with van der Waals surface area (Å²) >= 11 is 2.72. The Morgan fingerprint density at radius 3 is 2.56 bits per heavy atom. The molecule has 0 N–H and O–H groups in total. The van der Waals surface area contributed by atoms with Gasteiger partial charge in [-0.3, -0.25) is 4.98 Å². The maximum atomic E-state index is 13.6. The van der Waals surface area contributed by atoms with E-state index in [2.05, 4.69) is 20.9 Å². The van der Waals surface area contributed by atoms with Gasteiger partial charge in [0.25, 0.3) is 0 Å². The van der Waals surface area contributed by atoms with Crippen LogP contribution >= 0.6 is 15.9 Å². The van der Waals surface area contributed by atoms with Crippen molar-refractivity contribution in [1.29, 1.82) is 0 Å². The topological polar surface area (TPSA) is 12.9 Å². The first kappa shape index (κ1) is 11.3. The van der Waals surface area contributed by atoms with E-state index in [1.807, 2.05) is 0 Å². The number of nitrogens with zero attached hydrogens (tertiary/aromatic N) is 1. The molecule has 2 rings (SSSR count). The van der Waals surface area contributed by atoms with Crippen molar-refractivity contribution >= 4 is 26.8 Å². The Kier molecular flexibility index (Phi) is 2.61. The second-order valence-electron chi connectivity index (χ2n) is 3.12. The third kappa shape index (κ3) is 1.77. The second-order valence-corrected chi connectivity index (χ2v) is 3.97. The maximum absolute atomic E-state index is 13.6. The number of benzene rings is 1. The Bertz CT molecular complexity index is 550. The standard InChI is InChI=1S/C10H4BrF4N/c11-6-4-5-2-1-3-16-9(5)8(12)7(6)10(13,14)15/h1-4H. The molecular weight excluding hydrogens is 290 g/mol. The molecule has 6 heteroatoms. The highest BCUT2D eigenvalue weighted by Gasteiger charge is 2.37. The van der Waals surface area contributed by atoms with Crippen molar-refractivity contribution in [3.05, 3.63) is 40.2 Å². The van der Waals surface area contributed by atoms with E-state index in [1.54, 1.807) is 0 Å². The Labute approximate surface area is 96.2 Å². The normalized spacial score (nSPS) is 12.1. The van der Waals surface area contributed by atoms with Gasteiger partial charge in [-0.1, -0.05) is 22.0 Å². The molecule has 1 aromatic heterocycles. The van der Waals surface area contributed by atoms with Crippen molar-refractivity contribution in [2.45, 2.75) is 6.18 Å². The molecule has 84 valence electrons. The van der Waals surface area contributed by atoms with E-state index < -0.39 is 17.6 Å². The van der Waals surface area contributed by atoms with E-state index in [0.717, 1.165) is 0 Å². The number of hydrogen-bond acceptors (Lipinski definition) is 1. The van der Waals surface area contributed by atoms with Crippen LogP contribution in [0.2, 0.25) is 0 Å². The van der Waals surface area contributed by atoms with Crippen LogP contribution in [0.4, 0.5) is 17.6 Å². The number of aromatic nitrogens is 1. The lowest BCUT2D eigenvalue weighted by atomic mass is 10.1. The summed E-state index contributed by atoms with van der Waals surface area (Å²) in [5, 5.41) is 0.319. The van der Waals surface area contributed by atoms with Crippen molar-refractivity contribution in [2.75, 3.05) is 0 Å². The van der Waals surface area contributed by atoms with Crippen LogP contribution in [0.3, 0.4) is 0 Å². The van der Waals surface area contributed by atoms with Crippen LogP contribution in [0.1, 0.15) is 5.56 Å². The third-order valence-electron chi connectivity index (χ3n) is 2.07. The summed E-state index contributed by atoms with van der Waals surface area (Å²) in [5.41, 5.74) is -1.60. The molecular formula is C10H4BrF4N. The minimum Gasteiger partial charge on any atom is -0.253 e. The monoisotopic (exact) mass is 293 g/mol. The van der Waals surface area contributed by atoms with Gasteiger partial charge in [0.05, 0.1) is 0 Å². The van der Waals surface area contributed by atoms with Gasteiger partial charge in [-0.15, -0.1) is 0 Å². The van der Waals surface area contributed by atoms with Crippen LogP contribution < -0.4 is 0 Å². The number of hydrogen-bond donors (Lipinski definition) is 0. The molecule has 0 aliphatic carbocycles. The van der Waals surface area contributed by atoms with Gasteiger partial charge in [-0.05, 0) is 12.1 Å². The number of rotatable bonds is 0. The van der Waals surface area contributed by atoms with Gasteiger partial charge < -0.3 is 0 Å². The van der Waals surface area contributed by atoms with Crippen LogP contribution in [0.25, 0.3) is 10.9 Å². The highest BCUT2D eigenvalue weighted by atomic mass is 79.9. The summed E-state index contributed by atoms with van der Waals surface area (Å²) in [4.78, 5) is 3.60. The molecule has 0 amide bonds. The van der Waals surface area contributed by atoms with Gasteiger partial charge in [-0.2, -0.15) is 13.2 Å². The fourth-order valence-electron chi connectivity index (χ4n) is 1.41. The summed E-state index contributed by atoms with van der Waals surface area (Å²) in [6, 6.07) is 4.23. The molecule has 0 saturated heterocycles. The van der Waals surface area contributed by atoms with E-state index in [1.165, 1.54) is 24.4 Å². The first-order valence-electron chi connectivity index (χ1n) is 4.21. The van der Waals surface area contributed by atoms with Crippen LogP contribution in [-0.4, -0.2) is 4.98 Å². The van der Waals surface area contributed by atoms with Gasteiger partial charge in [-0.25, -0.2) is 4.39 Å². The van der Waals surface area contributed by atoms with Crippen molar-refractivity contribution in [3.8, 4) is 0 Å². The van der Waals surface area contributed by atoms with Crippen LogP contribution in [0, 0.1) is 5.82 Å². The summed E-state index contributed by atoms with van der Waals surface area (Å²) in [5.74, 6) is -1.35. The number of halogens is 5. The molecule has 1 heterocycles. The summed E-state index contributed by atoms with van der Waals surface area (Å²) in [6.45, 7) is 0. The number of alkyl halides is 3. The molecule has 0 atom stereocenters.